The quantitative estimate of drug-likeness (QED) is 0.0675. The highest BCUT2D eigenvalue weighted by molar-refractivity contribution is 5.93. The fourth-order valence-electron chi connectivity index (χ4n) is 19.1. The van der Waals surface area contributed by atoms with Crippen LogP contribution in [0.2, 0.25) is 0 Å². The lowest BCUT2D eigenvalue weighted by atomic mass is 9.67. The molecule has 0 spiro atoms. The largest absolute Gasteiger partial charge is 0.457 e. The van der Waals surface area contributed by atoms with Crippen LogP contribution in [0.4, 0.5) is 34.1 Å². The van der Waals surface area contributed by atoms with Gasteiger partial charge in [-0.3, -0.25) is 0 Å². The maximum atomic E-state index is 6.51. The van der Waals surface area contributed by atoms with Crippen LogP contribution in [0.5, 0.6) is 23.0 Å². The van der Waals surface area contributed by atoms with E-state index in [1.54, 1.807) is 0 Å². The van der Waals surface area contributed by atoms with Gasteiger partial charge in [0.15, 0.2) is 0 Å². The molecule has 20 rings (SSSR count). The van der Waals surface area contributed by atoms with Crippen molar-refractivity contribution in [2.24, 2.45) is 0 Å². The summed E-state index contributed by atoms with van der Waals surface area (Å²) in [6, 6.07) is 164. The SMILES string of the molecule is CCC(C)c1ccc(Oc2ccc(C3(c4ccc(C(C)(C)C)cc4)c4ccccc4-c4ccc(N(c5ccc(-c6ccccc6)cc5)c5ccc(-c6ccccc6)cc5)cc43)cc2)cc1.CCC(C)c1ccc(Oc2ccc(C3(c4ccc(C)cc4)c4ccccc4-c4ccc(N(c5ccc(-c6ccccc6)cc5)c5ccc(-c6ccccc6)cc5)cc43)cc2)cc1. The molecule has 618 valence electrons. The molecule has 0 fully saturated rings. The van der Waals surface area contributed by atoms with Gasteiger partial charge in [0.2, 0.25) is 0 Å². The molecule has 0 N–H and O–H groups in total. The van der Waals surface area contributed by atoms with E-state index in [9.17, 15) is 0 Å². The van der Waals surface area contributed by atoms with Crippen LogP contribution < -0.4 is 19.3 Å². The van der Waals surface area contributed by atoms with Crippen LogP contribution in [0.15, 0.2) is 449 Å². The molecule has 4 nitrogen and oxygen atoms in total. The molecule has 4 atom stereocenters. The van der Waals surface area contributed by atoms with Crippen molar-refractivity contribution in [1.29, 1.82) is 0 Å². The Morgan fingerprint density at radius 3 is 0.780 bits per heavy atom. The lowest BCUT2D eigenvalue weighted by molar-refractivity contribution is 0.481. The zero-order valence-electron chi connectivity index (χ0n) is 73.5. The summed E-state index contributed by atoms with van der Waals surface area (Å²) < 4.78 is 13.0. The predicted molar refractivity (Wildman–Crippen MR) is 532 cm³/mol. The lowest BCUT2D eigenvalue weighted by Crippen LogP contribution is -2.29. The topological polar surface area (TPSA) is 24.9 Å². The molecule has 0 bridgehead atoms. The normalized spacial score (nSPS) is 14.5. The summed E-state index contributed by atoms with van der Waals surface area (Å²) in [6.45, 7) is 18.0. The third kappa shape index (κ3) is 16.1. The summed E-state index contributed by atoms with van der Waals surface area (Å²) in [6.07, 6.45) is 2.22. The van der Waals surface area contributed by atoms with Crippen molar-refractivity contribution in [1.82, 2.24) is 0 Å². The molecule has 0 heterocycles. The van der Waals surface area contributed by atoms with Gasteiger partial charge in [0, 0.05) is 34.1 Å². The molecule has 0 amide bonds. The van der Waals surface area contributed by atoms with Crippen LogP contribution in [0.25, 0.3) is 66.8 Å². The monoisotopic (exact) mass is 1640 g/mol. The molecule has 18 aromatic rings. The van der Waals surface area contributed by atoms with E-state index in [0.717, 1.165) is 70.0 Å². The summed E-state index contributed by atoms with van der Waals surface area (Å²) in [4.78, 5) is 4.81. The van der Waals surface area contributed by atoms with Crippen molar-refractivity contribution in [3.05, 3.63) is 516 Å². The number of rotatable bonds is 22. The van der Waals surface area contributed by atoms with Crippen molar-refractivity contribution in [3.8, 4) is 89.8 Å². The van der Waals surface area contributed by atoms with Crippen molar-refractivity contribution in [2.45, 2.75) is 96.3 Å². The third-order valence-corrected chi connectivity index (χ3v) is 26.3. The first-order chi connectivity index (χ1) is 62.2. The number of anilines is 6. The summed E-state index contributed by atoms with van der Waals surface area (Å²) in [5.41, 5.74) is 35.0. The van der Waals surface area contributed by atoms with Crippen LogP contribution >= 0.6 is 0 Å². The standard InChI is InChI=1S/C63H55NO.C60H49NO/c1-6-44(2)45-25-38-56(39-26-45)65-57-40-31-52(32-41-57)63(51-29-27-50(28-30-51)62(3,4)5)60-20-14-13-19-58(60)59-42-37-55(43-61(59)63)64(53-33-21-48(22-34-53)46-15-9-7-10-16-46)54-35-23-49(24-36-54)47-17-11-8-12-18-47;1-4-43(3)44-25-36-54(37-26-44)62-55-38-29-50(30-39-55)60(49-27-19-42(2)20-28-49)58-18-12-11-17-56(58)57-40-35-53(41-59(57)60)61(51-31-21-47(22-32-51)45-13-7-5-8-14-45)52-33-23-48(24-34-52)46-15-9-6-10-16-46/h7-44H,6H2,1-5H3;5-41,43H,4H2,1-3H3. The van der Waals surface area contributed by atoms with E-state index in [-0.39, 0.29) is 5.41 Å². The molecule has 0 aliphatic heterocycles. The minimum absolute atomic E-state index is 0.0166. The highest BCUT2D eigenvalue weighted by Crippen LogP contribution is 2.60. The van der Waals surface area contributed by atoms with Gasteiger partial charge in [-0.1, -0.05) is 382 Å². The first kappa shape index (κ1) is 81.8. The van der Waals surface area contributed by atoms with Crippen molar-refractivity contribution < 1.29 is 9.47 Å². The second-order valence-electron chi connectivity index (χ2n) is 35.1. The molecule has 4 unspecified atom stereocenters. The molecular formula is C123H104N2O2. The zero-order chi connectivity index (χ0) is 86.6. The minimum Gasteiger partial charge on any atom is -0.457 e. The summed E-state index contributed by atoms with van der Waals surface area (Å²) >= 11 is 0. The number of benzene rings is 18. The van der Waals surface area contributed by atoms with Gasteiger partial charge in [0.1, 0.15) is 23.0 Å². The molecule has 2 aliphatic carbocycles. The minimum atomic E-state index is -0.616. The maximum Gasteiger partial charge on any atom is 0.127 e. The summed E-state index contributed by atoms with van der Waals surface area (Å²) in [5.74, 6) is 4.34. The smallest absolute Gasteiger partial charge is 0.127 e. The van der Waals surface area contributed by atoms with E-state index in [0.29, 0.717) is 11.8 Å². The molecular weight excluding hydrogens is 1540 g/mol. The van der Waals surface area contributed by atoms with Gasteiger partial charge in [-0.05, 0) is 286 Å². The Kier molecular flexibility index (Phi) is 22.8. The Labute approximate surface area is 750 Å². The van der Waals surface area contributed by atoms with Gasteiger partial charge in [0.25, 0.3) is 0 Å². The van der Waals surface area contributed by atoms with E-state index in [1.165, 1.54) is 134 Å². The molecule has 18 aromatic carbocycles. The second-order valence-corrected chi connectivity index (χ2v) is 35.1. The van der Waals surface area contributed by atoms with Crippen molar-refractivity contribution >= 4 is 34.1 Å². The lowest BCUT2D eigenvalue weighted by Gasteiger charge is -2.35. The highest BCUT2D eigenvalue weighted by Gasteiger charge is 2.48. The van der Waals surface area contributed by atoms with Crippen molar-refractivity contribution in [2.75, 3.05) is 9.80 Å². The fraction of sp³-hybridized carbons (Fsp3) is 0.122. The van der Waals surface area contributed by atoms with E-state index in [1.807, 2.05) is 0 Å². The molecule has 0 radical (unpaired) electrons. The van der Waals surface area contributed by atoms with E-state index >= 15 is 0 Å². The average Bonchev–Trinajstić information content (AvgIpc) is 1.54. The number of nitrogens with zero attached hydrogens (tertiary/aromatic N) is 2. The number of hydrogen-bond acceptors (Lipinski definition) is 4. The molecule has 4 heteroatoms. The van der Waals surface area contributed by atoms with Gasteiger partial charge in [-0.25, -0.2) is 0 Å². The average molecular weight is 1640 g/mol. The predicted octanol–water partition coefficient (Wildman–Crippen LogP) is 33.9. The number of hydrogen-bond donors (Lipinski definition) is 0. The van der Waals surface area contributed by atoms with Gasteiger partial charge in [-0.2, -0.15) is 0 Å². The van der Waals surface area contributed by atoms with Crippen LogP contribution in [0.1, 0.15) is 140 Å². The second kappa shape index (κ2) is 35.4. The Bertz CT molecular complexity index is 6650. The zero-order valence-corrected chi connectivity index (χ0v) is 73.5. The first-order valence-corrected chi connectivity index (χ1v) is 44.9. The maximum absolute atomic E-state index is 6.51. The summed E-state index contributed by atoms with van der Waals surface area (Å²) in [5, 5.41) is 0. The number of ether oxygens (including phenoxy) is 2. The van der Waals surface area contributed by atoms with Crippen LogP contribution in [-0.2, 0) is 16.2 Å². The van der Waals surface area contributed by atoms with E-state index in [2.05, 4.69) is 514 Å². The van der Waals surface area contributed by atoms with E-state index < -0.39 is 10.8 Å². The molecule has 0 saturated heterocycles. The number of aryl methyl sites for hydroxylation is 1. The Morgan fingerprint density at radius 2 is 0.488 bits per heavy atom. The van der Waals surface area contributed by atoms with E-state index in [4.69, 9.17) is 9.47 Å². The number of fused-ring (bicyclic) bond motifs is 6. The van der Waals surface area contributed by atoms with Gasteiger partial charge < -0.3 is 19.3 Å². The van der Waals surface area contributed by atoms with Gasteiger partial charge in [-0.15, -0.1) is 0 Å². The van der Waals surface area contributed by atoms with Crippen LogP contribution in [0, 0.1) is 6.92 Å². The Morgan fingerprint density at radius 1 is 0.244 bits per heavy atom. The summed E-state index contributed by atoms with van der Waals surface area (Å²) in [7, 11) is 0. The molecule has 2 aliphatic rings. The fourth-order valence-corrected chi connectivity index (χ4v) is 19.1. The van der Waals surface area contributed by atoms with Crippen LogP contribution in [-0.4, -0.2) is 0 Å². The molecule has 0 saturated carbocycles. The van der Waals surface area contributed by atoms with Crippen LogP contribution in [0.3, 0.4) is 0 Å². The van der Waals surface area contributed by atoms with Crippen molar-refractivity contribution in [3.63, 3.8) is 0 Å². The van der Waals surface area contributed by atoms with Gasteiger partial charge in [0.05, 0.1) is 10.8 Å². The molecule has 0 aromatic heterocycles. The van der Waals surface area contributed by atoms with Gasteiger partial charge >= 0.3 is 0 Å². The first-order valence-electron chi connectivity index (χ1n) is 44.9. The molecule has 127 heavy (non-hydrogen) atoms. The Balaban J connectivity index is 0.000000166. The third-order valence-electron chi connectivity index (χ3n) is 26.3. The Hall–Kier alpha value is -14.8. The highest BCUT2D eigenvalue weighted by atomic mass is 16.5.